The zero-order valence-corrected chi connectivity index (χ0v) is 15.0. The van der Waals surface area contributed by atoms with E-state index in [1.54, 1.807) is 23.3 Å². The van der Waals surface area contributed by atoms with Crippen LogP contribution in [0.1, 0.15) is 33.3 Å². The fraction of sp³-hybridized carbons (Fsp3) is 0.444. The third kappa shape index (κ3) is 5.06. The van der Waals surface area contributed by atoms with Gasteiger partial charge in [0.25, 0.3) is 5.17 Å². The van der Waals surface area contributed by atoms with Crippen LogP contribution < -0.4 is 4.74 Å². The van der Waals surface area contributed by atoms with Crippen LogP contribution in [0, 0.1) is 5.41 Å². The second-order valence-corrected chi connectivity index (χ2v) is 6.87. The van der Waals surface area contributed by atoms with E-state index in [1.807, 2.05) is 12.1 Å². The summed E-state index contributed by atoms with van der Waals surface area (Å²) in [5, 5.41) is 0.382. The van der Waals surface area contributed by atoms with Crippen LogP contribution >= 0.6 is 12.2 Å². The Morgan fingerprint density at radius 1 is 1.26 bits per heavy atom. The number of nitrogens with zero attached hydrogens (tertiary/aromatic N) is 2. The highest BCUT2D eigenvalue weighted by molar-refractivity contribution is 7.80. The van der Waals surface area contributed by atoms with Gasteiger partial charge in [0.1, 0.15) is 24.8 Å². The monoisotopic (exact) mass is 332 g/mol. The third-order valence-corrected chi connectivity index (χ3v) is 3.96. The maximum atomic E-state index is 5.96. The number of hydrogen-bond donors (Lipinski definition) is 0. The Kier molecular flexibility index (Phi) is 5.77. The van der Waals surface area contributed by atoms with Crippen molar-refractivity contribution in [2.75, 3.05) is 6.61 Å². The molecular weight excluding hydrogens is 308 g/mol. The molecule has 0 spiro atoms. The maximum absolute atomic E-state index is 5.96. The molecule has 1 aromatic carbocycles. The van der Waals surface area contributed by atoms with Crippen molar-refractivity contribution in [3.05, 3.63) is 48.5 Å². The average molecular weight is 332 g/mol. The van der Waals surface area contributed by atoms with Crippen molar-refractivity contribution < 1.29 is 9.47 Å². The minimum atomic E-state index is -0.164. The summed E-state index contributed by atoms with van der Waals surface area (Å²) in [6.45, 7) is 8.90. The maximum Gasteiger partial charge on any atom is 0.269 e. The Morgan fingerprint density at radius 2 is 1.96 bits per heavy atom. The zero-order valence-electron chi connectivity index (χ0n) is 14.2. The largest absolute Gasteiger partial charge is 0.490 e. The number of ether oxygens (including phenoxy) is 2. The van der Waals surface area contributed by atoms with Crippen molar-refractivity contribution in [3.8, 4) is 5.75 Å². The van der Waals surface area contributed by atoms with Gasteiger partial charge >= 0.3 is 0 Å². The molecule has 0 radical (unpaired) electrons. The van der Waals surface area contributed by atoms with Gasteiger partial charge < -0.3 is 9.47 Å². The van der Waals surface area contributed by atoms with Gasteiger partial charge in [-0.3, -0.25) is 4.57 Å². The Bertz CT molecular complexity index is 615. The number of rotatable bonds is 5. The summed E-state index contributed by atoms with van der Waals surface area (Å²) in [6.07, 6.45) is 5.93. The van der Waals surface area contributed by atoms with E-state index in [2.05, 4.69) is 44.8 Å². The highest BCUT2D eigenvalue weighted by atomic mass is 32.1. The molecular formula is C18H24N2O2S. The second-order valence-electron chi connectivity index (χ2n) is 6.52. The SMILES string of the molecule is CCc1ccc(OCC(OC(=S)n2ccnc2)C(C)(C)C)cc1. The van der Waals surface area contributed by atoms with Crippen LogP contribution in [0.2, 0.25) is 0 Å². The lowest BCUT2D eigenvalue weighted by molar-refractivity contribution is 0.0321. The molecule has 23 heavy (non-hydrogen) atoms. The number of imidazole rings is 1. The molecule has 0 aliphatic rings. The fourth-order valence-electron chi connectivity index (χ4n) is 2.00. The summed E-state index contributed by atoms with van der Waals surface area (Å²) in [4.78, 5) is 3.99. The van der Waals surface area contributed by atoms with E-state index in [0.717, 1.165) is 12.2 Å². The van der Waals surface area contributed by atoms with Crippen LogP contribution in [0.3, 0.4) is 0 Å². The van der Waals surface area contributed by atoms with E-state index in [9.17, 15) is 0 Å². The lowest BCUT2D eigenvalue weighted by Gasteiger charge is -2.31. The quantitative estimate of drug-likeness (QED) is 0.773. The first-order valence-corrected chi connectivity index (χ1v) is 8.21. The van der Waals surface area contributed by atoms with E-state index in [-0.39, 0.29) is 11.5 Å². The summed E-state index contributed by atoms with van der Waals surface area (Å²) in [5.41, 5.74) is 1.19. The fourth-order valence-corrected chi connectivity index (χ4v) is 2.23. The van der Waals surface area contributed by atoms with Crippen molar-refractivity contribution in [2.45, 2.75) is 40.2 Å². The van der Waals surface area contributed by atoms with Crippen molar-refractivity contribution in [1.82, 2.24) is 9.55 Å². The van der Waals surface area contributed by atoms with Crippen molar-refractivity contribution in [3.63, 3.8) is 0 Å². The molecule has 1 unspecified atom stereocenters. The predicted molar refractivity (Wildman–Crippen MR) is 95.9 cm³/mol. The molecule has 0 aliphatic heterocycles. The first-order valence-electron chi connectivity index (χ1n) is 7.81. The summed E-state index contributed by atoms with van der Waals surface area (Å²) in [6, 6.07) is 8.15. The molecule has 0 bridgehead atoms. The van der Waals surface area contributed by atoms with E-state index in [4.69, 9.17) is 21.7 Å². The molecule has 2 aromatic rings. The van der Waals surface area contributed by atoms with Crippen molar-refractivity contribution in [2.24, 2.45) is 5.41 Å². The Balaban J connectivity index is 1.99. The van der Waals surface area contributed by atoms with Gasteiger partial charge in [-0.25, -0.2) is 4.98 Å². The van der Waals surface area contributed by atoms with Gasteiger partial charge in [-0.05, 0) is 36.3 Å². The number of benzene rings is 1. The molecule has 0 saturated heterocycles. The zero-order chi connectivity index (χ0) is 16.9. The van der Waals surface area contributed by atoms with Gasteiger partial charge in [0.05, 0.1) is 0 Å². The Labute approximate surface area is 143 Å². The third-order valence-electron chi connectivity index (χ3n) is 3.66. The highest BCUT2D eigenvalue weighted by Crippen LogP contribution is 2.24. The Hall–Kier alpha value is -1.88. The predicted octanol–water partition coefficient (Wildman–Crippen LogP) is 4.09. The smallest absolute Gasteiger partial charge is 0.269 e. The number of thiocarbonyl (C=S) groups is 1. The van der Waals surface area contributed by atoms with Gasteiger partial charge in [0, 0.05) is 17.8 Å². The van der Waals surface area contributed by atoms with Gasteiger partial charge in [-0.15, -0.1) is 0 Å². The van der Waals surface area contributed by atoms with Gasteiger partial charge in [-0.1, -0.05) is 39.8 Å². The molecule has 0 amide bonds. The molecule has 2 rings (SSSR count). The average Bonchev–Trinajstić information content (AvgIpc) is 3.05. The van der Waals surface area contributed by atoms with Crippen LogP contribution in [0.25, 0.3) is 0 Å². The standard InChI is InChI=1S/C18H24N2O2S/c1-5-14-6-8-15(9-7-14)21-12-16(18(2,3)4)22-17(23)20-11-10-19-13-20/h6-11,13,16H,5,12H2,1-4H3. The molecule has 1 atom stereocenters. The molecule has 5 heteroatoms. The van der Waals surface area contributed by atoms with Gasteiger partial charge in [0.15, 0.2) is 0 Å². The van der Waals surface area contributed by atoms with Crippen LogP contribution in [-0.4, -0.2) is 27.4 Å². The summed E-state index contributed by atoms with van der Waals surface area (Å²) in [7, 11) is 0. The van der Waals surface area contributed by atoms with E-state index in [0.29, 0.717) is 11.8 Å². The summed E-state index contributed by atoms with van der Waals surface area (Å²) >= 11 is 5.33. The molecule has 1 aromatic heterocycles. The lowest BCUT2D eigenvalue weighted by atomic mass is 9.89. The van der Waals surface area contributed by atoms with Crippen molar-refractivity contribution in [1.29, 1.82) is 0 Å². The lowest BCUT2D eigenvalue weighted by Crippen LogP contribution is -2.37. The Morgan fingerprint density at radius 3 is 2.48 bits per heavy atom. The van der Waals surface area contributed by atoms with E-state index < -0.39 is 0 Å². The molecule has 0 fully saturated rings. The van der Waals surface area contributed by atoms with Crippen LogP contribution in [0.15, 0.2) is 43.0 Å². The number of aromatic nitrogens is 2. The summed E-state index contributed by atoms with van der Waals surface area (Å²) < 4.78 is 13.5. The van der Waals surface area contributed by atoms with Crippen molar-refractivity contribution >= 4 is 17.4 Å². The van der Waals surface area contributed by atoms with Crippen LogP contribution in [-0.2, 0) is 11.2 Å². The highest BCUT2D eigenvalue weighted by Gasteiger charge is 2.28. The minimum absolute atomic E-state index is 0.103. The van der Waals surface area contributed by atoms with Crippen LogP contribution in [0.5, 0.6) is 5.75 Å². The number of hydrogen-bond acceptors (Lipinski definition) is 4. The second kappa shape index (κ2) is 7.59. The first kappa shape index (κ1) is 17.5. The molecule has 0 N–H and O–H groups in total. The molecule has 124 valence electrons. The van der Waals surface area contributed by atoms with Gasteiger partial charge in [0.2, 0.25) is 0 Å². The first-order chi connectivity index (χ1) is 10.9. The van der Waals surface area contributed by atoms with Crippen LogP contribution in [0.4, 0.5) is 0 Å². The van der Waals surface area contributed by atoms with E-state index >= 15 is 0 Å². The normalized spacial score (nSPS) is 12.7. The molecule has 0 saturated carbocycles. The summed E-state index contributed by atoms with van der Waals surface area (Å²) in [5.74, 6) is 0.841. The molecule has 1 heterocycles. The number of aryl methyl sites for hydroxylation is 1. The molecule has 4 nitrogen and oxygen atoms in total. The van der Waals surface area contributed by atoms with Gasteiger partial charge in [-0.2, -0.15) is 0 Å². The minimum Gasteiger partial charge on any atom is -0.490 e. The topological polar surface area (TPSA) is 36.3 Å². The van der Waals surface area contributed by atoms with E-state index in [1.165, 1.54) is 5.56 Å². The molecule has 0 aliphatic carbocycles.